The predicted octanol–water partition coefficient (Wildman–Crippen LogP) is 0.747. The maximum Gasteiger partial charge on any atom is 0.311 e. The van der Waals surface area contributed by atoms with Gasteiger partial charge in [0.15, 0.2) is 0 Å². The summed E-state index contributed by atoms with van der Waals surface area (Å²) in [4.78, 5) is 14.0. The van der Waals surface area contributed by atoms with Crippen molar-refractivity contribution >= 4 is 5.97 Å². The zero-order chi connectivity index (χ0) is 9.52. The molecule has 0 aromatic carbocycles. The molecule has 0 bridgehead atoms. The van der Waals surface area contributed by atoms with E-state index in [0.717, 1.165) is 5.69 Å². The molecule has 1 rings (SSSR count). The minimum atomic E-state index is -0.237. The van der Waals surface area contributed by atoms with Crippen LogP contribution in [-0.4, -0.2) is 31.3 Å². The highest BCUT2D eigenvalue weighted by Gasteiger charge is 2.03. The van der Waals surface area contributed by atoms with Crippen molar-refractivity contribution in [2.24, 2.45) is 0 Å². The summed E-state index contributed by atoms with van der Waals surface area (Å²) in [5, 5.41) is 0. The number of H-pyrrole nitrogens is 1. The Kier molecular flexibility index (Phi) is 4.05. The molecule has 0 amide bonds. The van der Waals surface area contributed by atoms with E-state index < -0.39 is 0 Å². The molecule has 0 spiro atoms. The van der Waals surface area contributed by atoms with Gasteiger partial charge in [-0.2, -0.15) is 0 Å². The second kappa shape index (κ2) is 5.37. The molecule has 1 N–H and O–H groups in total. The number of aromatic nitrogens is 1. The summed E-state index contributed by atoms with van der Waals surface area (Å²) >= 11 is 0. The number of aromatic amines is 1. The third-order valence-electron chi connectivity index (χ3n) is 1.55. The molecule has 72 valence electrons. The third-order valence-corrected chi connectivity index (χ3v) is 1.55. The van der Waals surface area contributed by atoms with Crippen LogP contribution in [0, 0.1) is 0 Å². The number of carbonyl (C=O) groups is 1. The normalized spacial score (nSPS) is 9.92. The molecule has 1 aromatic heterocycles. The van der Waals surface area contributed by atoms with Gasteiger partial charge in [-0.05, 0) is 12.1 Å². The van der Waals surface area contributed by atoms with Crippen molar-refractivity contribution in [3.63, 3.8) is 0 Å². The van der Waals surface area contributed by atoms with E-state index in [-0.39, 0.29) is 12.4 Å². The van der Waals surface area contributed by atoms with Crippen LogP contribution in [-0.2, 0) is 20.7 Å². The Balaban J connectivity index is 2.18. The minimum Gasteiger partial charge on any atom is -0.463 e. The fourth-order valence-corrected chi connectivity index (χ4v) is 0.923. The van der Waals surface area contributed by atoms with E-state index in [1.165, 1.54) is 0 Å². The van der Waals surface area contributed by atoms with Gasteiger partial charge in [0.2, 0.25) is 0 Å². The Hall–Kier alpha value is -1.29. The maximum absolute atomic E-state index is 11.1. The lowest BCUT2D eigenvalue weighted by Crippen LogP contribution is -2.11. The molecule has 0 aliphatic heterocycles. The van der Waals surface area contributed by atoms with Crippen molar-refractivity contribution in [1.82, 2.24) is 4.98 Å². The molecular formula is C9H13NO3. The van der Waals surface area contributed by atoms with Crippen molar-refractivity contribution in [3.8, 4) is 0 Å². The number of methoxy groups -OCH3 is 1. The van der Waals surface area contributed by atoms with E-state index in [2.05, 4.69) is 4.98 Å². The highest BCUT2D eigenvalue weighted by atomic mass is 16.6. The molecule has 1 aromatic rings. The van der Waals surface area contributed by atoms with Crippen LogP contribution in [0.2, 0.25) is 0 Å². The number of esters is 1. The van der Waals surface area contributed by atoms with Crippen LogP contribution >= 0.6 is 0 Å². The van der Waals surface area contributed by atoms with Crippen LogP contribution in [0.5, 0.6) is 0 Å². The van der Waals surface area contributed by atoms with E-state index >= 15 is 0 Å². The molecule has 1 heterocycles. The molecule has 0 saturated heterocycles. The highest BCUT2D eigenvalue weighted by molar-refractivity contribution is 5.71. The van der Waals surface area contributed by atoms with E-state index in [4.69, 9.17) is 9.47 Å². The first-order valence-electron chi connectivity index (χ1n) is 4.09. The fraction of sp³-hybridized carbons (Fsp3) is 0.444. The van der Waals surface area contributed by atoms with Crippen molar-refractivity contribution in [1.29, 1.82) is 0 Å². The molecule has 0 fully saturated rings. The number of hydrogen-bond donors (Lipinski definition) is 1. The van der Waals surface area contributed by atoms with Gasteiger partial charge in [-0.15, -0.1) is 0 Å². The second-order valence-corrected chi connectivity index (χ2v) is 2.59. The predicted molar refractivity (Wildman–Crippen MR) is 47.3 cm³/mol. The van der Waals surface area contributed by atoms with Gasteiger partial charge in [0, 0.05) is 19.0 Å². The number of hydrogen-bond acceptors (Lipinski definition) is 3. The van der Waals surface area contributed by atoms with E-state index in [0.29, 0.717) is 13.2 Å². The SMILES string of the molecule is COCCOC(=O)Cc1ccc[nH]1. The lowest BCUT2D eigenvalue weighted by Gasteiger charge is -2.02. The van der Waals surface area contributed by atoms with Crippen molar-refractivity contribution in [2.75, 3.05) is 20.3 Å². The van der Waals surface area contributed by atoms with Crippen LogP contribution in [0.1, 0.15) is 5.69 Å². The Bertz CT molecular complexity index is 243. The molecule has 4 nitrogen and oxygen atoms in total. The first-order chi connectivity index (χ1) is 6.33. The molecular weight excluding hydrogens is 170 g/mol. The van der Waals surface area contributed by atoms with Gasteiger partial charge < -0.3 is 14.5 Å². The summed E-state index contributed by atoms with van der Waals surface area (Å²) in [6.07, 6.45) is 2.06. The molecule has 0 unspecified atom stereocenters. The summed E-state index contributed by atoms with van der Waals surface area (Å²) in [7, 11) is 1.57. The van der Waals surface area contributed by atoms with Crippen LogP contribution in [0.4, 0.5) is 0 Å². The summed E-state index contributed by atoms with van der Waals surface area (Å²) < 4.78 is 9.61. The largest absolute Gasteiger partial charge is 0.463 e. The minimum absolute atomic E-state index is 0.237. The van der Waals surface area contributed by atoms with Crippen molar-refractivity contribution in [3.05, 3.63) is 24.0 Å². The van der Waals surface area contributed by atoms with Gasteiger partial charge >= 0.3 is 5.97 Å². The number of nitrogens with one attached hydrogen (secondary N) is 1. The Morgan fingerprint density at radius 3 is 3.00 bits per heavy atom. The Labute approximate surface area is 76.9 Å². The molecule has 0 saturated carbocycles. The van der Waals surface area contributed by atoms with Gasteiger partial charge in [0.05, 0.1) is 13.0 Å². The fourth-order valence-electron chi connectivity index (χ4n) is 0.923. The molecule has 0 aliphatic rings. The van der Waals surface area contributed by atoms with Crippen molar-refractivity contribution < 1.29 is 14.3 Å². The zero-order valence-corrected chi connectivity index (χ0v) is 7.58. The third kappa shape index (κ3) is 3.75. The summed E-state index contributed by atoms with van der Waals surface area (Å²) in [6, 6.07) is 3.69. The molecule has 13 heavy (non-hydrogen) atoms. The average molecular weight is 183 g/mol. The van der Waals surface area contributed by atoms with Crippen LogP contribution < -0.4 is 0 Å². The first-order valence-corrected chi connectivity index (χ1v) is 4.09. The second-order valence-electron chi connectivity index (χ2n) is 2.59. The summed E-state index contributed by atoms with van der Waals surface area (Å²) in [6.45, 7) is 0.756. The Morgan fingerprint density at radius 2 is 2.38 bits per heavy atom. The monoisotopic (exact) mass is 183 g/mol. The first kappa shape index (κ1) is 9.80. The standard InChI is InChI=1S/C9H13NO3/c1-12-5-6-13-9(11)7-8-3-2-4-10-8/h2-4,10H,5-7H2,1H3. The Morgan fingerprint density at radius 1 is 1.54 bits per heavy atom. The van der Waals surface area contributed by atoms with Gasteiger partial charge in [-0.25, -0.2) is 0 Å². The molecule has 0 radical (unpaired) electrons. The summed E-state index contributed by atoms with van der Waals surface area (Å²) in [5.74, 6) is -0.237. The smallest absolute Gasteiger partial charge is 0.311 e. The van der Waals surface area contributed by atoms with E-state index in [9.17, 15) is 4.79 Å². The van der Waals surface area contributed by atoms with E-state index in [1.54, 1.807) is 13.3 Å². The van der Waals surface area contributed by atoms with Gasteiger partial charge in [-0.3, -0.25) is 4.79 Å². The van der Waals surface area contributed by atoms with Crippen LogP contribution in [0.3, 0.4) is 0 Å². The molecule has 0 atom stereocenters. The maximum atomic E-state index is 11.1. The summed E-state index contributed by atoms with van der Waals surface area (Å²) in [5.41, 5.74) is 0.863. The quantitative estimate of drug-likeness (QED) is 0.541. The lowest BCUT2D eigenvalue weighted by atomic mass is 10.3. The van der Waals surface area contributed by atoms with Crippen LogP contribution in [0.15, 0.2) is 18.3 Å². The number of rotatable bonds is 5. The zero-order valence-electron chi connectivity index (χ0n) is 7.58. The highest BCUT2D eigenvalue weighted by Crippen LogP contribution is 1.96. The lowest BCUT2D eigenvalue weighted by molar-refractivity contribution is -0.144. The number of ether oxygens (including phenoxy) is 2. The topological polar surface area (TPSA) is 51.3 Å². The number of carbonyl (C=O) groups excluding carboxylic acids is 1. The van der Waals surface area contributed by atoms with Crippen LogP contribution in [0.25, 0.3) is 0 Å². The van der Waals surface area contributed by atoms with Gasteiger partial charge in [0.25, 0.3) is 0 Å². The van der Waals surface area contributed by atoms with E-state index in [1.807, 2.05) is 12.1 Å². The molecule has 4 heteroatoms. The molecule has 0 aliphatic carbocycles. The van der Waals surface area contributed by atoms with Gasteiger partial charge in [-0.1, -0.05) is 0 Å². The van der Waals surface area contributed by atoms with Gasteiger partial charge in [0.1, 0.15) is 6.61 Å². The average Bonchev–Trinajstić information content (AvgIpc) is 2.57. The van der Waals surface area contributed by atoms with Crippen molar-refractivity contribution in [2.45, 2.75) is 6.42 Å².